The first-order chi connectivity index (χ1) is 24.8. The van der Waals surface area contributed by atoms with Crippen LogP contribution in [0.3, 0.4) is 0 Å². The highest BCUT2D eigenvalue weighted by molar-refractivity contribution is 5.37. The Morgan fingerprint density at radius 1 is 1.06 bits per heavy atom. The number of tetrazole rings is 1. The number of hydrogen-bond donors (Lipinski definition) is 2. The number of nitrogens with two attached hydrogens (primary N) is 1. The monoisotopic (exact) mass is 735 g/mol. The lowest BCUT2D eigenvalue weighted by atomic mass is 9.33. The summed E-state index contributed by atoms with van der Waals surface area (Å²) in [6, 6.07) is -0.144. The zero-order chi connectivity index (χ0) is 38.5. The minimum Gasteiger partial charge on any atom is -0.513 e. The Kier molecular flexibility index (Phi) is 9.87. The van der Waals surface area contributed by atoms with Gasteiger partial charge in [-0.1, -0.05) is 99.0 Å². The minimum absolute atomic E-state index is 0.00319. The van der Waals surface area contributed by atoms with E-state index in [9.17, 15) is 5.11 Å². The van der Waals surface area contributed by atoms with E-state index in [0.717, 1.165) is 45.2 Å². The molecule has 53 heavy (non-hydrogen) atoms. The van der Waals surface area contributed by atoms with Crippen molar-refractivity contribution in [2.75, 3.05) is 38.6 Å². The number of nitrogen functional groups attached to an aromatic ring is 1. The molecule has 9 heteroatoms. The lowest BCUT2D eigenvalue weighted by molar-refractivity contribution is -0.275. The molecule has 5 fully saturated rings. The molecule has 2 aliphatic heterocycles. The summed E-state index contributed by atoms with van der Waals surface area (Å²) in [5, 5.41) is 25.2. The maximum absolute atomic E-state index is 11.6. The summed E-state index contributed by atoms with van der Waals surface area (Å²) in [6.07, 6.45) is 11.8. The minimum atomic E-state index is -0.259. The third kappa shape index (κ3) is 5.41. The number of aliphatic hydroxyl groups excluding tert-OH is 1. The fraction of sp³-hybridized carbons (Fsp3) is 0.886. The Morgan fingerprint density at radius 3 is 2.36 bits per heavy atom. The van der Waals surface area contributed by atoms with E-state index >= 15 is 0 Å². The molecule has 3 heterocycles. The second kappa shape index (κ2) is 13.3. The van der Waals surface area contributed by atoms with E-state index < -0.39 is 0 Å². The van der Waals surface area contributed by atoms with Crippen LogP contribution in [0, 0.1) is 68.5 Å². The van der Waals surface area contributed by atoms with E-state index in [1.165, 1.54) is 19.3 Å². The van der Waals surface area contributed by atoms with Gasteiger partial charge in [-0.2, -0.15) is 4.80 Å². The van der Waals surface area contributed by atoms with E-state index in [1.807, 2.05) is 4.80 Å². The molecule has 9 nitrogen and oxygen atoms in total. The fourth-order valence-electron chi connectivity index (χ4n) is 14.4. The van der Waals surface area contributed by atoms with E-state index in [-0.39, 0.29) is 62.5 Å². The number of hydrogen-bond acceptors (Lipinski definition) is 8. The van der Waals surface area contributed by atoms with Crippen LogP contribution in [0.25, 0.3) is 0 Å². The van der Waals surface area contributed by atoms with Gasteiger partial charge in [-0.05, 0) is 122 Å². The number of ether oxygens (including phenoxy) is 2. The molecule has 3 saturated carbocycles. The first kappa shape index (κ1) is 39.3. The topological polar surface area (TPSA) is 112 Å². The number of anilines is 1. The Morgan fingerprint density at radius 2 is 1.75 bits per heavy atom. The molecule has 2 saturated heterocycles. The van der Waals surface area contributed by atoms with Gasteiger partial charge in [-0.15, -0.1) is 5.10 Å². The van der Waals surface area contributed by atoms with Crippen LogP contribution < -0.4 is 5.73 Å². The predicted molar refractivity (Wildman–Crippen MR) is 212 cm³/mol. The van der Waals surface area contributed by atoms with Crippen molar-refractivity contribution in [1.82, 2.24) is 25.1 Å². The zero-order valence-electron chi connectivity index (χ0n) is 35.3. The first-order valence-corrected chi connectivity index (χ1v) is 21.4. The number of fused-ring (bicyclic) bond motifs is 3. The molecule has 13 atom stereocenters. The quantitative estimate of drug-likeness (QED) is 0.191. The van der Waals surface area contributed by atoms with Gasteiger partial charge < -0.3 is 20.3 Å². The molecule has 2 bridgehead atoms. The average molecular weight is 735 g/mol. The van der Waals surface area contributed by atoms with Gasteiger partial charge in [0.2, 0.25) is 0 Å². The van der Waals surface area contributed by atoms with E-state index in [4.69, 9.17) is 20.3 Å². The SMILES string of the molecule is C=C(O)[C@@H]1[C@@](C)([C@H](C)C(C)C)CC[C@]2(C)[C@H]3CC[C@H]4[C@]5(C)COC[C@]4(C3=CC[C@@]12C)[C@H](C)[C@@H](n1nnc(N)n1)[C@@H]5OC[C@@](C)(C(C)C)N1CCCCC1. The average Bonchev–Trinajstić information content (AvgIpc) is 3.54. The van der Waals surface area contributed by atoms with Gasteiger partial charge in [0.05, 0.1) is 31.7 Å². The van der Waals surface area contributed by atoms with Crippen LogP contribution in [-0.2, 0) is 9.47 Å². The predicted octanol–water partition coefficient (Wildman–Crippen LogP) is 8.90. The van der Waals surface area contributed by atoms with E-state index in [2.05, 4.69) is 104 Å². The van der Waals surface area contributed by atoms with Crippen molar-refractivity contribution in [3.05, 3.63) is 24.0 Å². The summed E-state index contributed by atoms with van der Waals surface area (Å²) in [4.78, 5) is 4.52. The van der Waals surface area contributed by atoms with Crippen molar-refractivity contribution < 1.29 is 14.6 Å². The second-order valence-electron chi connectivity index (χ2n) is 20.9. The van der Waals surface area contributed by atoms with Crippen molar-refractivity contribution in [1.29, 1.82) is 0 Å². The number of allylic oxidation sites excluding steroid dienone is 2. The largest absolute Gasteiger partial charge is 0.513 e. The van der Waals surface area contributed by atoms with E-state index in [1.54, 1.807) is 5.57 Å². The Labute approximate surface area is 321 Å². The zero-order valence-corrected chi connectivity index (χ0v) is 35.3. The van der Waals surface area contributed by atoms with Gasteiger partial charge in [0.25, 0.3) is 5.95 Å². The smallest absolute Gasteiger partial charge is 0.260 e. The van der Waals surface area contributed by atoms with Crippen LogP contribution in [0.2, 0.25) is 0 Å². The summed E-state index contributed by atoms with van der Waals surface area (Å²) in [5.74, 6) is 2.97. The van der Waals surface area contributed by atoms with Gasteiger partial charge in [0, 0.05) is 22.3 Å². The molecule has 1 aromatic rings. The lowest BCUT2D eigenvalue weighted by Gasteiger charge is -2.73. The Balaban J connectivity index is 1.31. The molecule has 0 unspecified atom stereocenters. The third-order valence-corrected chi connectivity index (χ3v) is 18.4. The number of piperidine rings is 1. The highest BCUT2D eigenvalue weighted by atomic mass is 16.5. The molecule has 4 aliphatic carbocycles. The summed E-state index contributed by atoms with van der Waals surface area (Å²) in [6.45, 7) is 35.2. The number of aromatic nitrogens is 4. The van der Waals surface area contributed by atoms with E-state index in [0.29, 0.717) is 55.2 Å². The molecule has 1 aromatic heterocycles. The molecule has 298 valence electrons. The van der Waals surface area contributed by atoms with Crippen LogP contribution in [0.15, 0.2) is 24.0 Å². The standard InChI is InChI=1S/C44H74N6O3/c1-27(2)29(5)39(8)20-21-41(10)32-16-17-34-40(9)24-52-26-44(34,33(32)18-19-42(41,11)36(39)31(7)51)30(6)35(50-47-38(45)46-48-50)37(40)53-25-43(12,28(3)4)49-22-14-13-15-23-49/h18,27-30,32,34-37,51H,7,13-17,19-26H2,1-6,8-12H3,(H2,45,47)/t29-,30-,32+,34+,35-,36-,37+,39-,40+,41-,42+,43+,44-/m1/s1. The number of nitrogens with zero attached hydrogens (tertiary/aromatic N) is 5. The molecule has 0 aromatic carbocycles. The molecule has 3 N–H and O–H groups in total. The highest BCUT2D eigenvalue weighted by Crippen LogP contribution is 2.76. The molecule has 7 rings (SSSR count). The maximum Gasteiger partial charge on any atom is 0.260 e. The highest BCUT2D eigenvalue weighted by Gasteiger charge is 2.73. The molecule has 0 radical (unpaired) electrons. The summed E-state index contributed by atoms with van der Waals surface area (Å²) in [7, 11) is 0. The second-order valence-corrected chi connectivity index (χ2v) is 20.9. The van der Waals surface area contributed by atoms with Gasteiger partial charge in [0.15, 0.2) is 0 Å². The molecular formula is C44H74N6O3. The van der Waals surface area contributed by atoms with Crippen molar-refractivity contribution in [3.63, 3.8) is 0 Å². The van der Waals surface area contributed by atoms with Crippen molar-refractivity contribution >= 4 is 5.95 Å². The van der Waals surface area contributed by atoms with Crippen LogP contribution in [0.5, 0.6) is 0 Å². The van der Waals surface area contributed by atoms with Crippen LogP contribution >= 0.6 is 0 Å². The summed E-state index contributed by atoms with van der Waals surface area (Å²) in [5.41, 5.74) is 7.15. The number of aliphatic hydroxyl groups is 1. The van der Waals surface area contributed by atoms with Crippen molar-refractivity contribution in [2.45, 2.75) is 145 Å². The van der Waals surface area contributed by atoms with Gasteiger partial charge in [0.1, 0.15) is 6.04 Å². The normalized spacial score (nSPS) is 44.7. The first-order valence-electron chi connectivity index (χ1n) is 21.4. The number of likely N-dealkylation sites (tertiary alicyclic amines) is 1. The number of rotatable bonds is 9. The van der Waals surface area contributed by atoms with Gasteiger partial charge in [-0.3, -0.25) is 4.90 Å². The molecule has 0 amide bonds. The lowest BCUT2D eigenvalue weighted by Crippen LogP contribution is -2.71. The van der Waals surface area contributed by atoms with Gasteiger partial charge in [-0.25, -0.2) is 0 Å². The van der Waals surface area contributed by atoms with Gasteiger partial charge >= 0.3 is 0 Å². The summed E-state index contributed by atoms with van der Waals surface area (Å²) >= 11 is 0. The Hall–Kier alpha value is -1.97. The third-order valence-electron chi connectivity index (χ3n) is 18.4. The molecule has 6 aliphatic rings. The maximum atomic E-state index is 11.6. The molecule has 0 spiro atoms. The van der Waals surface area contributed by atoms with Crippen molar-refractivity contribution in [2.24, 2.45) is 68.5 Å². The summed E-state index contributed by atoms with van der Waals surface area (Å²) < 4.78 is 14.4. The van der Waals surface area contributed by atoms with Crippen LogP contribution in [-0.4, -0.2) is 74.8 Å². The molecular weight excluding hydrogens is 661 g/mol. The van der Waals surface area contributed by atoms with Crippen molar-refractivity contribution in [3.8, 4) is 0 Å². The van der Waals surface area contributed by atoms with Crippen LogP contribution in [0.4, 0.5) is 5.95 Å². The fourth-order valence-corrected chi connectivity index (χ4v) is 14.4. The van der Waals surface area contributed by atoms with Crippen LogP contribution in [0.1, 0.15) is 134 Å². The Bertz CT molecular complexity index is 1570.